The number of anilines is 1. The van der Waals surface area contributed by atoms with E-state index in [-0.39, 0.29) is 17.5 Å². The van der Waals surface area contributed by atoms with Crippen molar-refractivity contribution >= 4 is 16.6 Å². The van der Waals surface area contributed by atoms with Gasteiger partial charge >= 0.3 is 5.69 Å². The van der Waals surface area contributed by atoms with Gasteiger partial charge in [0.15, 0.2) is 0 Å². The number of hydrogen-bond donors (Lipinski definition) is 2. The molecular weight excluding hydrogens is 287 g/mol. The van der Waals surface area contributed by atoms with E-state index in [4.69, 9.17) is 5.73 Å². The highest BCUT2D eigenvalue weighted by Gasteiger charge is 2.32. The first-order valence-corrected chi connectivity index (χ1v) is 7.48. The molecule has 22 heavy (non-hydrogen) atoms. The molecule has 0 spiro atoms. The highest BCUT2D eigenvalue weighted by Crippen LogP contribution is 2.38. The Balaban J connectivity index is 2.07. The fourth-order valence-electron chi connectivity index (χ4n) is 3.79. The number of H-pyrrole nitrogens is 1. The molecule has 116 valence electrons. The van der Waals surface area contributed by atoms with Crippen LogP contribution in [0.3, 0.4) is 0 Å². The maximum Gasteiger partial charge on any atom is 0.329 e. The second kappa shape index (κ2) is 4.42. The lowest BCUT2D eigenvalue weighted by Gasteiger charge is -2.22. The van der Waals surface area contributed by atoms with Crippen molar-refractivity contribution in [2.24, 2.45) is 5.73 Å². The summed E-state index contributed by atoms with van der Waals surface area (Å²) in [5.74, 6) is -0.415. The fourth-order valence-corrected chi connectivity index (χ4v) is 3.79. The van der Waals surface area contributed by atoms with Crippen LogP contribution < -0.4 is 21.9 Å². The number of benzene rings is 1. The van der Waals surface area contributed by atoms with E-state index in [0.717, 1.165) is 12.0 Å². The molecule has 2 aliphatic heterocycles. The molecule has 0 aliphatic carbocycles. The van der Waals surface area contributed by atoms with Gasteiger partial charge in [0.25, 0.3) is 5.56 Å². The van der Waals surface area contributed by atoms with Gasteiger partial charge in [0.05, 0.1) is 16.6 Å². The third-order valence-electron chi connectivity index (χ3n) is 4.73. The number of nitrogens with zero attached hydrogens (tertiary/aromatic N) is 2. The van der Waals surface area contributed by atoms with Crippen LogP contribution in [0.4, 0.5) is 10.1 Å². The first-order valence-electron chi connectivity index (χ1n) is 7.48. The molecule has 7 heteroatoms. The summed E-state index contributed by atoms with van der Waals surface area (Å²) >= 11 is 0. The van der Waals surface area contributed by atoms with Crippen molar-refractivity contribution in [2.75, 3.05) is 18.0 Å². The summed E-state index contributed by atoms with van der Waals surface area (Å²) in [4.78, 5) is 28.3. The van der Waals surface area contributed by atoms with Crippen LogP contribution in [-0.2, 0) is 6.42 Å². The van der Waals surface area contributed by atoms with E-state index < -0.39 is 17.1 Å². The maximum absolute atomic E-state index is 14.7. The van der Waals surface area contributed by atoms with Crippen molar-refractivity contribution in [3.8, 4) is 0 Å². The first-order chi connectivity index (χ1) is 10.5. The van der Waals surface area contributed by atoms with E-state index in [0.29, 0.717) is 30.7 Å². The lowest BCUT2D eigenvalue weighted by atomic mass is 10.0. The van der Waals surface area contributed by atoms with Crippen molar-refractivity contribution in [3.05, 3.63) is 38.3 Å². The molecule has 2 aliphatic rings. The Hall–Kier alpha value is -2.15. The number of halogens is 1. The van der Waals surface area contributed by atoms with Crippen molar-refractivity contribution in [2.45, 2.75) is 31.8 Å². The van der Waals surface area contributed by atoms with Crippen LogP contribution >= 0.6 is 0 Å². The van der Waals surface area contributed by atoms with Crippen LogP contribution in [0.2, 0.25) is 0 Å². The fraction of sp³-hybridized carbons (Fsp3) is 0.467. The Morgan fingerprint density at radius 3 is 2.86 bits per heavy atom. The molecule has 1 fully saturated rings. The molecule has 3 N–H and O–H groups in total. The van der Waals surface area contributed by atoms with Crippen LogP contribution in [0.1, 0.15) is 24.9 Å². The molecule has 3 heterocycles. The number of aromatic amines is 1. The summed E-state index contributed by atoms with van der Waals surface area (Å²) < 4.78 is 16.2. The third kappa shape index (κ3) is 1.68. The molecule has 4 rings (SSSR count). The van der Waals surface area contributed by atoms with Gasteiger partial charge in [0.2, 0.25) is 0 Å². The van der Waals surface area contributed by atoms with E-state index in [1.165, 1.54) is 6.07 Å². The Bertz CT molecular complexity index is 901. The zero-order valence-electron chi connectivity index (χ0n) is 12.2. The number of hydrogen-bond acceptors (Lipinski definition) is 4. The zero-order valence-corrected chi connectivity index (χ0v) is 12.2. The van der Waals surface area contributed by atoms with E-state index in [9.17, 15) is 14.0 Å². The molecule has 2 aromatic rings. The molecule has 0 amide bonds. The summed E-state index contributed by atoms with van der Waals surface area (Å²) in [6, 6.07) is 1.17. The molecule has 1 aromatic heterocycles. The van der Waals surface area contributed by atoms with Gasteiger partial charge in [-0.3, -0.25) is 14.3 Å². The van der Waals surface area contributed by atoms with Crippen LogP contribution in [-0.4, -0.2) is 28.7 Å². The average molecular weight is 304 g/mol. The van der Waals surface area contributed by atoms with Gasteiger partial charge in [0, 0.05) is 30.7 Å². The summed E-state index contributed by atoms with van der Waals surface area (Å²) in [7, 11) is 0. The van der Waals surface area contributed by atoms with Gasteiger partial charge in [0.1, 0.15) is 5.82 Å². The van der Waals surface area contributed by atoms with Gasteiger partial charge in [-0.2, -0.15) is 0 Å². The predicted molar refractivity (Wildman–Crippen MR) is 82.0 cm³/mol. The van der Waals surface area contributed by atoms with E-state index >= 15 is 0 Å². The lowest BCUT2D eigenvalue weighted by Crippen LogP contribution is -2.30. The quantitative estimate of drug-likeness (QED) is 0.803. The number of rotatable bonds is 1. The van der Waals surface area contributed by atoms with Crippen LogP contribution in [0.15, 0.2) is 15.7 Å². The van der Waals surface area contributed by atoms with Crippen LogP contribution in [0.25, 0.3) is 10.9 Å². The summed E-state index contributed by atoms with van der Waals surface area (Å²) in [6.45, 7) is 3.19. The van der Waals surface area contributed by atoms with E-state index in [1.54, 1.807) is 4.57 Å². The summed E-state index contributed by atoms with van der Waals surface area (Å²) in [5.41, 5.74) is 6.79. The van der Waals surface area contributed by atoms with Crippen molar-refractivity contribution in [1.29, 1.82) is 0 Å². The summed E-state index contributed by atoms with van der Waals surface area (Å²) in [6.07, 6.45) is 1.36. The van der Waals surface area contributed by atoms with Gasteiger partial charge in [-0.15, -0.1) is 0 Å². The highest BCUT2D eigenvalue weighted by molar-refractivity contribution is 5.88. The molecular formula is C15H17FN4O2. The predicted octanol–water partition coefficient (Wildman–Crippen LogP) is 0.483. The summed E-state index contributed by atoms with van der Waals surface area (Å²) in [5, 5.41) is 0.240. The van der Waals surface area contributed by atoms with Gasteiger partial charge in [-0.05, 0) is 25.8 Å². The Labute approximate surface area is 125 Å². The smallest absolute Gasteiger partial charge is 0.329 e. The van der Waals surface area contributed by atoms with Crippen molar-refractivity contribution in [3.63, 3.8) is 0 Å². The lowest BCUT2D eigenvalue weighted by molar-refractivity contribution is 0.565. The molecule has 2 atom stereocenters. The molecule has 0 saturated carbocycles. The van der Waals surface area contributed by atoms with E-state index in [1.807, 2.05) is 11.8 Å². The Morgan fingerprint density at radius 2 is 2.18 bits per heavy atom. The number of nitrogens with one attached hydrogen (secondary N) is 1. The Kier molecular flexibility index (Phi) is 2.72. The van der Waals surface area contributed by atoms with Crippen LogP contribution in [0.5, 0.6) is 0 Å². The van der Waals surface area contributed by atoms with Crippen LogP contribution in [0, 0.1) is 5.82 Å². The normalized spacial score (nSPS) is 23.7. The monoisotopic (exact) mass is 304 g/mol. The minimum Gasteiger partial charge on any atom is -0.367 e. The SMILES string of the molecule is CC1Cc2c(N3CC[C@H](N)C3)c(F)cc3c(=O)[nH]c(=O)n1c23. The molecule has 1 saturated heterocycles. The number of nitrogens with two attached hydrogens (primary N) is 1. The van der Waals surface area contributed by atoms with Gasteiger partial charge in [-0.25, -0.2) is 9.18 Å². The molecule has 1 unspecified atom stereocenters. The van der Waals surface area contributed by atoms with Crippen molar-refractivity contribution < 1.29 is 4.39 Å². The topological polar surface area (TPSA) is 84.1 Å². The van der Waals surface area contributed by atoms with Crippen molar-refractivity contribution in [1.82, 2.24) is 9.55 Å². The second-order valence-electron chi connectivity index (χ2n) is 6.26. The Morgan fingerprint density at radius 1 is 1.41 bits per heavy atom. The minimum absolute atomic E-state index is 0.0301. The second-order valence-corrected chi connectivity index (χ2v) is 6.26. The van der Waals surface area contributed by atoms with Gasteiger partial charge < -0.3 is 10.6 Å². The minimum atomic E-state index is -0.532. The zero-order chi connectivity index (χ0) is 15.6. The molecule has 0 bridgehead atoms. The highest BCUT2D eigenvalue weighted by atomic mass is 19.1. The largest absolute Gasteiger partial charge is 0.367 e. The van der Waals surface area contributed by atoms with Gasteiger partial charge in [-0.1, -0.05) is 0 Å². The average Bonchev–Trinajstić information content (AvgIpc) is 3.00. The molecule has 1 aromatic carbocycles. The maximum atomic E-state index is 14.7. The molecule has 6 nitrogen and oxygen atoms in total. The standard InChI is InChI=1S/C15H17FN4O2/c1-7-4-9-12-10(14(21)18-15(22)20(7)12)5-11(16)13(9)19-3-2-8(17)6-19/h5,7-8H,2-4,6,17H2,1H3,(H,18,21,22)/t7?,8-/m0/s1. The van der Waals surface area contributed by atoms with E-state index in [2.05, 4.69) is 4.98 Å². The third-order valence-corrected chi connectivity index (χ3v) is 4.73. The molecule has 0 radical (unpaired) electrons. The first kappa shape index (κ1) is 13.5. The number of aromatic nitrogens is 2.